The van der Waals surface area contributed by atoms with E-state index in [1.807, 2.05) is 0 Å². The number of nitrogens with zero attached hydrogens (tertiary/aromatic N) is 2. The van der Waals surface area contributed by atoms with Crippen molar-refractivity contribution in [2.45, 2.75) is 19.5 Å². The van der Waals surface area contributed by atoms with Gasteiger partial charge in [0.15, 0.2) is 0 Å². The first-order valence-corrected chi connectivity index (χ1v) is 7.09. The minimum atomic E-state index is -4.45. The van der Waals surface area contributed by atoms with Crippen LogP contribution in [-0.2, 0) is 6.18 Å². The van der Waals surface area contributed by atoms with Crippen molar-refractivity contribution in [3.8, 4) is 0 Å². The molecule has 3 nitrogen and oxygen atoms in total. The Morgan fingerprint density at radius 1 is 1.19 bits per heavy atom. The monoisotopic (exact) mass is 300 g/mol. The van der Waals surface area contributed by atoms with Crippen molar-refractivity contribution >= 4 is 12.0 Å². The number of halogens is 3. The number of benzene rings is 1. The third kappa shape index (κ3) is 3.75. The first-order valence-electron chi connectivity index (χ1n) is 7.09. The van der Waals surface area contributed by atoms with Crippen molar-refractivity contribution in [2.75, 3.05) is 37.6 Å². The first-order chi connectivity index (χ1) is 9.95. The number of hydrogen-bond acceptors (Lipinski definition) is 3. The average Bonchev–Trinajstić information content (AvgIpc) is 2.47. The highest BCUT2D eigenvalue weighted by atomic mass is 19.4. The van der Waals surface area contributed by atoms with Crippen LogP contribution >= 0.6 is 0 Å². The average molecular weight is 300 g/mol. The predicted octanol–water partition coefficient (Wildman–Crippen LogP) is 3.05. The van der Waals surface area contributed by atoms with Crippen LogP contribution in [0, 0.1) is 0 Å². The molecule has 1 aliphatic rings. The fraction of sp³-hybridized carbons (Fsp3) is 0.533. The fourth-order valence-corrected chi connectivity index (χ4v) is 2.66. The van der Waals surface area contributed by atoms with Crippen molar-refractivity contribution in [2.24, 2.45) is 0 Å². The number of hydrogen-bond donors (Lipinski definition) is 0. The Morgan fingerprint density at radius 3 is 2.38 bits per heavy atom. The zero-order valence-electron chi connectivity index (χ0n) is 12.0. The molecule has 1 aromatic carbocycles. The van der Waals surface area contributed by atoms with E-state index in [0.717, 1.165) is 32.1 Å². The van der Waals surface area contributed by atoms with E-state index < -0.39 is 11.7 Å². The molecule has 1 heterocycles. The lowest BCUT2D eigenvalue weighted by molar-refractivity contribution is -0.137. The maximum absolute atomic E-state index is 13.2. The van der Waals surface area contributed by atoms with E-state index in [1.54, 1.807) is 4.90 Å². The smallest absolute Gasteiger partial charge is 0.368 e. The van der Waals surface area contributed by atoms with E-state index in [9.17, 15) is 18.0 Å². The van der Waals surface area contributed by atoms with E-state index >= 15 is 0 Å². The molecule has 0 spiro atoms. The van der Waals surface area contributed by atoms with E-state index in [1.165, 1.54) is 12.1 Å². The maximum Gasteiger partial charge on any atom is 0.418 e. The molecule has 1 aromatic rings. The van der Waals surface area contributed by atoms with Gasteiger partial charge in [0, 0.05) is 37.4 Å². The van der Waals surface area contributed by atoms with Gasteiger partial charge in [-0.1, -0.05) is 6.92 Å². The molecule has 0 aliphatic carbocycles. The van der Waals surface area contributed by atoms with Gasteiger partial charge >= 0.3 is 6.18 Å². The summed E-state index contributed by atoms with van der Waals surface area (Å²) in [5, 5.41) is 0. The second kappa shape index (κ2) is 6.47. The van der Waals surface area contributed by atoms with Crippen LogP contribution in [0.4, 0.5) is 18.9 Å². The molecule has 0 saturated carbocycles. The topological polar surface area (TPSA) is 23.6 Å². The zero-order valence-corrected chi connectivity index (χ0v) is 12.0. The van der Waals surface area contributed by atoms with Gasteiger partial charge in [-0.05, 0) is 31.2 Å². The van der Waals surface area contributed by atoms with Crippen LogP contribution in [0.25, 0.3) is 0 Å². The Balaban J connectivity index is 2.22. The Hall–Kier alpha value is -1.56. The Bertz CT molecular complexity index is 494. The molecule has 0 amide bonds. The normalized spacial score (nSPS) is 17.0. The summed E-state index contributed by atoms with van der Waals surface area (Å²) in [5.41, 5.74) is -0.504. The Labute approximate surface area is 122 Å². The minimum Gasteiger partial charge on any atom is -0.368 e. The van der Waals surface area contributed by atoms with Crippen LogP contribution < -0.4 is 4.90 Å². The van der Waals surface area contributed by atoms with Crippen molar-refractivity contribution in [1.82, 2.24) is 4.90 Å². The van der Waals surface area contributed by atoms with Crippen LogP contribution in [0.5, 0.6) is 0 Å². The molecule has 0 bridgehead atoms. The third-order valence-corrected chi connectivity index (χ3v) is 3.71. The summed E-state index contributed by atoms with van der Waals surface area (Å²) in [6.07, 6.45) is -2.96. The van der Waals surface area contributed by atoms with Gasteiger partial charge in [-0.3, -0.25) is 9.69 Å². The van der Waals surface area contributed by atoms with Crippen molar-refractivity contribution < 1.29 is 18.0 Å². The molecule has 0 aromatic heterocycles. The van der Waals surface area contributed by atoms with Crippen LogP contribution in [0.3, 0.4) is 0 Å². The zero-order chi connectivity index (χ0) is 15.5. The van der Waals surface area contributed by atoms with Gasteiger partial charge in [0.25, 0.3) is 0 Å². The minimum absolute atomic E-state index is 0.0516. The van der Waals surface area contributed by atoms with E-state index in [-0.39, 0.29) is 11.3 Å². The molecule has 116 valence electrons. The summed E-state index contributed by atoms with van der Waals surface area (Å²) in [7, 11) is 0. The van der Waals surface area contributed by atoms with E-state index in [0.29, 0.717) is 19.4 Å². The summed E-state index contributed by atoms with van der Waals surface area (Å²) in [4.78, 5) is 14.7. The van der Waals surface area contributed by atoms with Crippen LogP contribution in [0.2, 0.25) is 0 Å². The van der Waals surface area contributed by atoms with Gasteiger partial charge in [0.1, 0.15) is 6.29 Å². The standard InChI is InChI=1S/C15H19F3N2O/c1-2-5-19-6-8-20(9-7-19)14-4-3-12(11-21)10-13(14)15(16,17)18/h3-4,10-11H,2,5-9H2,1H3. The molecule has 1 saturated heterocycles. The van der Waals surface area contributed by atoms with Gasteiger partial charge in [0.05, 0.1) is 5.56 Å². The van der Waals surface area contributed by atoms with Crippen LogP contribution in [0.1, 0.15) is 29.3 Å². The molecule has 21 heavy (non-hydrogen) atoms. The van der Waals surface area contributed by atoms with Crippen molar-refractivity contribution in [3.05, 3.63) is 29.3 Å². The van der Waals surface area contributed by atoms with Crippen LogP contribution in [0.15, 0.2) is 18.2 Å². The number of carbonyl (C=O) groups excluding carboxylic acids is 1. The molecular weight excluding hydrogens is 281 g/mol. The van der Waals surface area contributed by atoms with Gasteiger partial charge in [0.2, 0.25) is 0 Å². The lowest BCUT2D eigenvalue weighted by Crippen LogP contribution is -2.47. The molecular formula is C15H19F3N2O. The summed E-state index contributed by atoms with van der Waals surface area (Å²) in [6.45, 7) is 5.74. The summed E-state index contributed by atoms with van der Waals surface area (Å²) < 4.78 is 39.5. The quantitative estimate of drug-likeness (QED) is 0.799. The lowest BCUT2D eigenvalue weighted by Gasteiger charge is -2.37. The lowest BCUT2D eigenvalue weighted by atomic mass is 10.1. The van der Waals surface area contributed by atoms with Crippen molar-refractivity contribution in [1.29, 1.82) is 0 Å². The van der Waals surface area contributed by atoms with Gasteiger partial charge < -0.3 is 4.90 Å². The summed E-state index contributed by atoms with van der Waals surface area (Å²) in [5.74, 6) is 0. The second-order valence-corrected chi connectivity index (χ2v) is 5.22. The molecule has 1 fully saturated rings. The second-order valence-electron chi connectivity index (χ2n) is 5.22. The number of carbonyl (C=O) groups is 1. The number of aldehydes is 1. The molecule has 0 unspecified atom stereocenters. The van der Waals surface area contributed by atoms with E-state index in [4.69, 9.17) is 0 Å². The molecule has 0 atom stereocenters. The molecule has 0 N–H and O–H groups in total. The number of alkyl halides is 3. The largest absolute Gasteiger partial charge is 0.418 e. The van der Waals surface area contributed by atoms with Crippen molar-refractivity contribution in [3.63, 3.8) is 0 Å². The summed E-state index contributed by atoms with van der Waals surface area (Å²) >= 11 is 0. The highest BCUT2D eigenvalue weighted by Crippen LogP contribution is 2.37. The Kier molecular flexibility index (Phi) is 4.88. The first kappa shape index (κ1) is 15.8. The molecule has 6 heteroatoms. The number of rotatable bonds is 4. The highest BCUT2D eigenvalue weighted by molar-refractivity contribution is 5.77. The van der Waals surface area contributed by atoms with Crippen LogP contribution in [-0.4, -0.2) is 43.9 Å². The van der Waals surface area contributed by atoms with Gasteiger partial charge in [-0.2, -0.15) is 13.2 Å². The maximum atomic E-state index is 13.2. The summed E-state index contributed by atoms with van der Waals surface area (Å²) in [6, 6.07) is 3.78. The fourth-order valence-electron chi connectivity index (χ4n) is 2.66. The third-order valence-electron chi connectivity index (χ3n) is 3.71. The Morgan fingerprint density at radius 2 is 1.86 bits per heavy atom. The molecule has 2 rings (SSSR count). The van der Waals surface area contributed by atoms with Gasteiger partial charge in [-0.15, -0.1) is 0 Å². The number of piperazine rings is 1. The highest BCUT2D eigenvalue weighted by Gasteiger charge is 2.35. The van der Waals surface area contributed by atoms with E-state index in [2.05, 4.69) is 11.8 Å². The molecule has 1 aliphatic heterocycles. The predicted molar refractivity (Wildman–Crippen MR) is 75.8 cm³/mol. The van der Waals surface area contributed by atoms with Gasteiger partial charge in [-0.25, -0.2) is 0 Å². The SMILES string of the molecule is CCCN1CCN(c2ccc(C=O)cc2C(F)(F)F)CC1. The molecule has 0 radical (unpaired) electrons. The number of anilines is 1.